The minimum Gasteiger partial charge on any atom is -0.493 e. The molecule has 0 fully saturated rings. The normalized spacial score (nSPS) is 17.2. The molecule has 0 aliphatic carbocycles. The smallest absolute Gasteiger partial charge is 0.124 e. The quantitative estimate of drug-likeness (QED) is 0.909. The maximum Gasteiger partial charge on any atom is 0.124 e. The van der Waals surface area contributed by atoms with Crippen molar-refractivity contribution in [1.29, 1.82) is 0 Å². The molecule has 0 saturated heterocycles. The first-order valence-electron chi connectivity index (χ1n) is 7.66. The van der Waals surface area contributed by atoms with Gasteiger partial charge in [-0.15, -0.1) is 0 Å². The van der Waals surface area contributed by atoms with Crippen molar-refractivity contribution in [3.8, 4) is 5.75 Å². The van der Waals surface area contributed by atoms with Crippen LogP contribution in [-0.2, 0) is 6.54 Å². The van der Waals surface area contributed by atoms with Crippen LogP contribution in [0.2, 0.25) is 0 Å². The highest BCUT2D eigenvalue weighted by molar-refractivity contribution is 5.44. The van der Waals surface area contributed by atoms with E-state index in [9.17, 15) is 0 Å². The van der Waals surface area contributed by atoms with Crippen LogP contribution in [0.4, 0.5) is 0 Å². The van der Waals surface area contributed by atoms with Crippen LogP contribution >= 0.6 is 0 Å². The summed E-state index contributed by atoms with van der Waals surface area (Å²) < 4.78 is 5.82. The third kappa shape index (κ3) is 3.11. The molecular formula is C19H23NO. The lowest BCUT2D eigenvalue weighted by molar-refractivity contribution is 0.252. The zero-order valence-corrected chi connectivity index (χ0v) is 13.1. The van der Waals surface area contributed by atoms with Crippen LogP contribution in [0.1, 0.15) is 40.3 Å². The van der Waals surface area contributed by atoms with Crippen molar-refractivity contribution in [2.45, 2.75) is 39.8 Å². The molecule has 0 radical (unpaired) electrons. The molecule has 3 rings (SSSR count). The summed E-state index contributed by atoms with van der Waals surface area (Å²) in [5.41, 5.74) is 6.57. The van der Waals surface area contributed by atoms with Gasteiger partial charge in [0, 0.05) is 24.6 Å². The summed E-state index contributed by atoms with van der Waals surface area (Å²) >= 11 is 0. The Morgan fingerprint density at radius 2 is 1.76 bits per heavy atom. The molecule has 1 unspecified atom stereocenters. The van der Waals surface area contributed by atoms with Crippen molar-refractivity contribution in [2.75, 3.05) is 6.61 Å². The fraction of sp³-hybridized carbons (Fsp3) is 0.368. The summed E-state index contributed by atoms with van der Waals surface area (Å²) in [6.07, 6.45) is 1.03. The second-order valence-corrected chi connectivity index (χ2v) is 6.03. The van der Waals surface area contributed by atoms with E-state index in [0.717, 1.165) is 25.3 Å². The summed E-state index contributed by atoms with van der Waals surface area (Å²) in [5, 5.41) is 3.68. The lowest BCUT2D eigenvalue weighted by Crippen LogP contribution is -2.27. The van der Waals surface area contributed by atoms with Gasteiger partial charge in [-0.05, 0) is 43.5 Å². The zero-order chi connectivity index (χ0) is 14.8. The highest BCUT2D eigenvalue weighted by Crippen LogP contribution is 2.34. The maximum atomic E-state index is 5.82. The third-order valence-corrected chi connectivity index (χ3v) is 4.34. The Labute approximate surface area is 127 Å². The van der Waals surface area contributed by atoms with E-state index >= 15 is 0 Å². The molecule has 0 amide bonds. The van der Waals surface area contributed by atoms with E-state index in [1.807, 2.05) is 0 Å². The number of ether oxygens (including phenoxy) is 1. The predicted octanol–water partition coefficient (Wildman–Crippen LogP) is 4.23. The molecule has 0 aromatic heterocycles. The van der Waals surface area contributed by atoms with E-state index in [2.05, 4.69) is 62.5 Å². The molecule has 0 saturated carbocycles. The van der Waals surface area contributed by atoms with Gasteiger partial charge in [0.1, 0.15) is 5.75 Å². The summed E-state index contributed by atoms with van der Waals surface area (Å²) in [5.74, 6) is 1.05. The van der Waals surface area contributed by atoms with Gasteiger partial charge in [0.15, 0.2) is 0 Å². The van der Waals surface area contributed by atoms with Gasteiger partial charge in [0.2, 0.25) is 0 Å². The minimum atomic E-state index is 0.384. The minimum absolute atomic E-state index is 0.384. The van der Waals surface area contributed by atoms with Crippen molar-refractivity contribution >= 4 is 0 Å². The van der Waals surface area contributed by atoms with Gasteiger partial charge in [-0.2, -0.15) is 0 Å². The van der Waals surface area contributed by atoms with Crippen LogP contribution < -0.4 is 10.1 Å². The van der Waals surface area contributed by atoms with Gasteiger partial charge in [0.05, 0.1) is 6.61 Å². The Morgan fingerprint density at radius 1 is 1.05 bits per heavy atom. The van der Waals surface area contributed by atoms with Crippen molar-refractivity contribution in [3.05, 3.63) is 64.2 Å². The molecule has 2 nitrogen and oxygen atoms in total. The van der Waals surface area contributed by atoms with Gasteiger partial charge in [-0.25, -0.2) is 0 Å². The monoisotopic (exact) mass is 281 g/mol. The molecular weight excluding hydrogens is 258 g/mol. The number of rotatable bonds is 3. The average Bonchev–Trinajstić information content (AvgIpc) is 2.48. The summed E-state index contributed by atoms with van der Waals surface area (Å²) in [7, 11) is 0. The topological polar surface area (TPSA) is 21.3 Å². The van der Waals surface area contributed by atoms with Gasteiger partial charge in [0.25, 0.3) is 0 Å². The molecule has 1 aliphatic heterocycles. The summed E-state index contributed by atoms with van der Waals surface area (Å²) in [6, 6.07) is 13.6. The number of hydrogen-bond donors (Lipinski definition) is 1. The lowest BCUT2D eigenvalue weighted by atomic mass is 9.96. The fourth-order valence-corrected chi connectivity index (χ4v) is 2.81. The van der Waals surface area contributed by atoms with Crippen molar-refractivity contribution in [2.24, 2.45) is 0 Å². The summed E-state index contributed by atoms with van der Waals surface area (Å²) in [6.45, 7) is 8.12. The van der Waals surface area contributed by atoms with Crippen LogP contribution in [0.5, 0.6) is 5.75 Å². The predicted molar refractivity (Wildman–Crippen MR) is 86.8 cm³/mol. The second-order valence-electron chi connectivity index (χ2n) is 6.03. The third-order valence-electron chi connectivity index (χ3n) is 4.34. The number of hydrogen-bond acceptors (Lipinski definition) is 2. The van der Waals surface area contributed by atoms with Gasteiger partial charge in [-0.3, -0.25) is 0 Å². The molecule has 2 heteroatoms. The Bertz CT molecular complexity index is 631. The Morgan fingerprint density at radius 3 is 2.52 bits per heavy atom. The van der Waals surface area contributed by atoms with E-state index in [0.29, 0.717) is 6.04 Å². The lowest BCUT2D eigenvalue weighted by Gasteiger charge is -2.28. The number of benzene rings is 2. The van der Waals surface area contributed by atoms with Crippen LogP contribution in [-0.4, -0.2) is 6.61 Å². The number of aryl methyl sites for hydroxylation is 3. The van der Waals surface area contributed by atoms with Crippen LogP contribution in [0.25, 0.3) is 0 Å². The van der Waals surface area contributed by atoms with Crippen LogP contribution in [0, 0.1) is 20.8 Å². The van der Waals surface area contributed by atoms with Crippen molar-refractivity contribution < 1.29 is 4.74 Å². The second kappa shape index (κ2) is 5.90. The zero-order valence-electron chi connectivity index (χ0n) is 13.1. The Balaban J connectivity index is 1.76. The number of nitrogens with one attached hydrogen (secondary N) is 1. The van der Waals surface area contributed by atoms with Crippen LogP contribution in [0.15, 0.2) is 36.4 Å². The molecule has 0 bridgehead atoms. The number of fused-ring (bicyclic) bond motifs is 1. The first-order valence-corrected chi connectivity index (χ1v) is 7.66. The van der Waals surface area contributed by atoms with Gasteiger partial charge >= 0.3 is 0 Å². The first-order chi connectivity index (χ1) is 10.1. The van der Waals surface area contributed by atoms with E-state index in [4.69, 9.17) is 4.74 Å². The van der Waals surface area contributed by atoms with E-state index in [1.54, 1.807) is 0 Å². The molecule has 1 N–H and O–H groups in total. The van der Waals surface area contributed by atoms with Crippen molar-refractivity contribution in [3.63, 3.8) is 0 Å². The molecule has 2 aromatic rings. The van der Waals surface area contributed by atoms with Crippen LogP contribution in [0.3, 0.4) is 0 Å². The largest absolute Gasteiger partial charge is 0.493 e. The SMILES string of the molecule is Cc1ccc(CNC2CCOc3cc(C)c(C)cc32)cc1. The maximum absolute atomic E-state index is 5.82. The average molecular weight is 281 g/mol. The highest BCUT2D eigenvalue weighted by Gasteiger charge is 2.21. The summed E-state index contributed by atoms with van der Waals surface area (Å²) in [4.78, 5) is 0. The highest BCUT2D eigenvalue weighted by atomic mass is 16.5. The standard InChI is InChI=1S/C19H23NO/c1-13-4-6-16(7-5-13)12-20-18-8-9-21-19-11-15(3)14(2)10-17(18)19/h4-7,10-11,18,20H,8-9,12H2,1-3H3. The van der Waals surface area contributed by atoms with E-state index in [1.165, 1.54) is 27.8 Å². The van der Waals surface area contributed by atoms with E-state index in [-0.39, 0.29) is 0 Å². The Hall–Kier alpha value is -1.80. The Kier molecular flexibility index (Phi) is 3.98. The first kappa shape index (κ1) is 14.2. The van der Waals surface area contributed by atoms with E-state index < -0.39 is 0 Å². The van der Waals surface area contributed by atoms with Crippen molar-refractivity contribution in [1.82, 2.24) is 5.32 Å². The van der Waals surface area contributed by atoms with Gasteiger partial charge < -0.3 is 10.1 Å². The molecule has 2 aromatic carbocycles. The molecule has 1 heterocycles. The molecule has 21 heavy (non-hydrogen) atoms. The fourth-order valence-electron chi connectivity index (χ4n) is 2.81. The molecule has 0 spiro atoms. The molecule has 1 atom stereocenters. The van der Waals surface area contributed by atoms with Gasteiger partial charge in [-0.1, -0.05) is 35.9 Å². The molecule has 1 aliphatic rings. The molecule has 110 valence electrons.